The summed E-state index contributed by atoms with van der Waals surface area (Å²) in [5, 5.41) is 0. The van der Waals surface area contributed by atoms with Crippen molar-refractivity contribution in [3.8, 4) is 0 Å². The van der Waals surface area contributed by atoms with Crippen LogP contribution < -0.4 is 5.48 Å². The topological polar surface area (TPSA) is 30.5 Å². The first-order chi connectivity index (χ1) is 3.00. The van der Waals surface area contributed by atoms with E-state index in [0.29, 0.717) is 6.73 Å². The minimum absolute atomic E-state index is 0.441. The van der Waals surface area contributed by atoms with Crippen LogP contribution in [0.1, 0.15) is 0 Å². The van der Waals surface area contributed by atoms with Gasteiger partial charge < -0.3 is 9.57 Å². The zero-order chi connectivity index (χ0) is 4.24. The molecule has 0 saturated carbocycles. The van der Waals surface area contributed by atoms with Gasteiger partial charge in [0, 0.05) is 0 Å². The average molecular weight is 87.1 g/mol. The molecule has 34 valence electrons. The number of nitrogens with one attached hydrogen (secondary N) is 1. The molecule has 0 radical (unpaired) electrons. The highest BCUT2D eigenvalue weighted by Crippen LogP contribution is 1.81. The lowest BCUT2D eigenvalue weighted by atomic mass is 11.0. The summed E-state index contributed by atoms with van der Waals surface area (Å²) in [6.45, 7) is 0.441. The zero-order valence-electron chi connectivity index (χ0n) is 3.18. The van der Waals surface area contributed by atoms with Crippen LogP contribution in [0.4, 0.5) is 0 Å². The predicted molar refractivity (Wildman–Crippen MR) is 19.3 cm³/mol. The van der Waals surface area contributed by atoms with E-state index >= 15 is 0 Å². The lowest BCUT2D eigenvalue weighted by Crippen LogP contribution is -2.16. The van der Waals surface area contributed by atoms with Crippen molar-refractivity contribution in [2.45, 2.75) is 0 Å². The molecule has 1 aliphatic rings. The van der Waals surface area contributed by atoms with Crippen LogP contribution in [0.25, 0.3) is 0 Å². The van der Waals surface area contributed by atoms with Crippen LogP contribution in [0.3, 0.4) is 0 Å². The molecule has 0 saturated heterocycles. The highest BCUT2D eigenvalue weighted by atomic mass is 16.7. The molecular formula is C3H5NO2. The molecule has 0 aromatic carbocycles. The van der Waals surface area contributed by atoms with Crippen LogP contribution in [0.5, 0.6) is 0 Å². The van der Waals surface area contributed by atoms with Gasteiger partial charge in [-0.15, -0.1) is 5.48 Å². The molecule has 1 heterocycles. The number of ether oxygens (including phenoxy) is 1. The van der Waals surface area contributed by atoms with Gasteiger partial charge in [-0.3, -0.25) is 0 Å². The zero-order valence-corrected chi connectivity index (χ0v) is 3.18. The van der Waals surface area contributed by atoms with Crippen molar-refractivity contribution in [2.75, 3.05) is 6.73 Å². The highest BCUT2D eigenvalue weighted by molar-refractivity contribution is 4.60. The molecular weight excluding hydrogens is 82.0 g/mol. The minimum atomic E-state index is 0.441. The van der Waals surface area contributed by atoms with Gasteiger partial charge in [-0.1, -0.05) is 0 Å². The Bertz CT molecular complexity index is 53.8. The molecule has 0 fully saturated rings. The lowest BCUT2D eigenvalue weighted by molar-refractivity contribution is 0.0174. The lowest BCUT2D eigenvalue weighted by Gasteiger charge is -2.05. The van der Waals surface area contributed by atoms with Gasteiger partial charge in [-0.25, -0.2) is 0 Å². The maximum absolute atomic E-state index is 4.65. The van der Waals surface area contributed by atoms with Crippen molar-refractivity contribution in [2.24, 2.45) is 0 Å². The van der Waals surface area contributed by atoms with Crippen molar-refractivity contribution in [1.82, 2.24) is 5.48 Å². The Morgan fingerprint density at radius 3 is 2.67 bits per heavy atom. The number of hydrogen-bond donors (Lipinski definition) is 1. The monoisotopic (exact) mass is 87.0 g/mol. The number of hydroxylamine groups is 1. The van der Waals surface area contributed by atoms with Gasteiger partial charge >= 0.3 is 0 Å². The van der Waals surface area contributed by atoms with E-state index in [4.69, 9.17) is 0 Å². The Morgan fingerprint density at radius 2 is 2.50 bits per heavy atom. The third-order valence-electron chi connectivity index (χ3n) is 0.445. The predicted octanol–water partition coefficient (Wildman–Crippen LogP) is -0.0335. The SMILES string of the molecule is C1=CONCO1. The molecule has 0 aliphatic carbocycles. The van der Waals surface area contributed by atoms with Crippen LogP contribution >= 0.6 is 0 Å². The maximum Gasteiger partial charge on any atom is 0.170 e. The summed E-state index contributed by atoms with van der Waals surface area (Å²) in [4.78, 5) is 4.51. The standard InChI is InChI=1S/C3H5NO2/c1-2-6-4-3-5-1/h1-2,4H,3H2. The Balaban J connectivity index is 2.26. The normalized spacial score (nSPS) is 18.7. The molecule has 0 spiro atoms. The van der Waals surface area contributed by atoms with Gasteiger partial charge in [-0.2, -0.15) is 0 Å². The minimum Gasteiger partial charge on any atom is -0.480 e. The van der Waals surface area contributed by atoms with E-state index in [9.17, 15) is 0 Å². The Morgan fingerprint density at radius 1 is 1.50 bits per heavy atom. The molecule has 0 amide bonds. The molecule has 0 atom stereocenters. The van der Waals surface area contributed by atoms with Crippen LogP contribution in [0, 0.1) is 0 Å². The molecule has 3 heteroatoms. The second-order valence-electron chi connectivity index (χ2n) is 0.845. The van der Waals surface area contributed by atoms with E-state index in [-0.39, 0.29) is 0 Å². The molecule has 0 aromatic heterocycles. The fourth-order valence-electron chi connectivity index (χ4n) is 0.231. The summed E-state index contributed by atoms with van der Waals surface area (Å²) in [5.41, 5.74) is 2.48. The van der Waals surface area contributed by atoms with Crippen LogP contribution in [0.2, 0.25) is 0 Å². The second-order valence-corrected chi connectivity index (χ2v) is 0.845. The first-order valence-electron chi connectivity index (χ1n) is 1.65. The van der Waals surface area contributed by atoms with E-state index in [1.807, 2.05) is 0 Å². The quantitative estimate of drug-likeness (QED) is 0.450. The second kappa shape index (κ2) is 1.67. The number of hydrogen-bond acceptors (Lipinski definition) is 3. The van der Waals surface area contributed by atoms with Gasteiger partial charge in [-0.05, 0) is 0 Å². The maximum atomic E-state index is 4.65. The summed E-state index contributed by atoms with van der Waals surface area (Å²) >= 11 is 0. The molecule has 0 aromatic rings. The Hall–Kier alpha value is -0.700. The van der Waals surface area contributed by atoms with Crippen molar-refractivity contribution in [1.29, 1.82) is 0 Å². The fourth-order valence-corrected chi connectivity index (χ4v) is 0.231. The van der Waals surface area contributed by atoms with Crippen molar-refractivity contribution >= 4 is 0 Å². The third-order valence-corrected chi connectivity index (χ3v) is 0.445. The summed E-state index contributed by atoms with van der Waals surface area (Å²) in [6, 6.07) is 0. The van der Waals surface area contributed by atoms with Crippen LogP contribution in [0.15, 0.2) is 12.5 Å². The Labute approximate surface area is 35.5 Å². The molecule has 3 nitrogen and oxygen atoms in total. The first-order valence-corrected chi connectivity index (χ1v) is 1.65. The fraction of sp³-hybridized carbons (Fsp3) is 0.333. The van der Waals surface area contributed by atoms with Gasteiger partial charge in [0.2, 0.25) is 0 Å². The number of rotatable bonds is 0. The highest BCUT2D eigenvalue weighted by Gasteiger charge is 1.83. The summed E-state index contributed by atoms with van der Waals surface area (Å²) in [7, 11) is 0. The summed E-state index contributed by atoms with van der Waals surface area (Å²) in [6.07, 6.45) is 2.92. The summed E-state index contributed by atoms with van der Waals surface area (Å²) in [5.74, 6) is 0. The van der Waals surface area contributed by atoms with E-state index < -0.39 is 0 Å². The molecule has 1 N–H and O–H groups in total. The van der Waals surface area contributed by atoms with Crippen LogP contribution in [-0.2, 0) is 9.57 Å². The first kappa shape index (κ1) is 3.49. The smallest absolute Gasteiger partial charge is 0.170 e. The van der Waals surface area contributed by atoms with E-state index in [1.165, 1.54) is 12.5 Å². The molecule has 1 aliphatic heterocycles. The largest absolute Gasteiger partial charge is 0.480 e. The average Bonchev–Trinajstić information content (AvgIpc) is 1.72. The molecule has 0 unspecified atom stereocenters. The van der Waals surface area contributed by atoms with Gasteiger partial charge in [0.1, 0.15) is 12.5 Å². The van der Waals surface area contributed by atoms with E-state index in [0.717, 1.165) is 0 Å². The van der Waals surface area contributed by atoms with Crippen molar-refractivity contribution in [3.05, 3.63) is 12.5 Å². The molecule has 0 bridgehead atoms. The van der Waals surface area contributed by atoms with Crippen molar-refractivity contribution in [3.63, 3.8) is 0 Å². The van der Waals surface area contributed by atoms with Gasteiger partial charge in [0.15, 0.2) is 6.73 Å². The molecule has 6 heavy (non-hydrogen) atoms. The third kappa shape index (κ3) is 0.621. The Kier molecular flexibility index (Phi) is 0.969. The van der Waals surface area contributed by atoms with E-state index in [2.05, 4.69) is 15.1 Å². The van der Waals surface area contributed by atoms with Crippen molar-refractivity contribution < 1.29 is 9.57 Å². The van der Waals surface area contributed by atoms with Crippen LogP contribution in [-0.4, -0.2) is 6.73 Å². The van der Waals surface area contributed by atoms with Gasteiger partial charge in [0.25, 0.3) is 0 Å². The summed E-state index contributed by atoms with van der Waals surface area (Å²) < 4.78 is 4.65. The molecule has 1 rings (SSSR count). The van der Waals surface area contributed by atoms with E-state index in [1.54, 1.807) is 0 Å². The van der Waals surface area contributed by atoms with Gasteiger partial charge in [0.05, 0.1) is 0 Å².